The quantitative estimate of drug-likeness (QED) is 0.685. The molecule has 2 aromatic carbocycles. The summed E-state index contributed by atoms with van der Waals surface area (Å²) in [7, 11) is 4.86. The SMILES string of the molecule is COc1ccc(C2=NC3(CCN(C(C)C)CC3)NC(c3cccc(OC)c3O)C2)cc1OC. The summed E-state index contributed by atoms with van der Waals surface area (Å²) in [5.41, 5.74) is 2.45. The largest absolute Gasteiger partial charge is 0.504 e. The van der Waals surface area contributed by atoms with Crippen LogP contribution in [0.4, 0.5) is 0 Å². The fourth-order valence-corrected chi connectivity index (χ4v) is 4.94. The molecule has 1 spiro atoms. The third-order valence-corrected chi connectivity index (χ3v) is 6.89. The van der Waals surface area contributed by atoms with Crippen LogP contribution in [0.1, 0.15) is 50.3 Å². The van der Waals surface area contributed by atoms with Crippen LogP contribution in [0.2, 0.25) is 0 Å². The summed E-state index contributed by atoms with van der Waals surface area (Å²) in [5, 5.41) is 14.7. The van der Waals surface area contributed by atoms with Crippen LogP contribution in [0, 0.1) is 0 Å². The van der Waals surface area contributed by atoms with Crippen molar-refractivity contribution < 1.29 is 19.3 Å². The standard InChI is InChI=1S/C26H35N3O4/c1-17(2)29-13-11-26(12-14-29)27-20(18-9-10-22(31-3)24(15-18)33-5)16-21(28-26)19-7-6-8-23(32-4)25(19)30/h6-10,15,17,21,28,30H,11-14,16H2,1-5H3. The van der Waals surface area contributed by atoms with Crippen LogP contribution in [-0.4, -0.2) is 61.8 Å². The molecule has 0 amide bonds. The van der Waals surface area contributed by atoms with E-state index in [9.17, 15) is 5.11 Å². The van der Waals surface area contributed by atoms with Gasteiger partial charge in [-0.3, -0.25) is 10.3 Å². The molecule has 1 unspecified atom stereocenters. The highest BCUT2D eigenvalue weighted by atomic mass is 16.5. The molecule has 2 aliphatic heterocycles. The molecule has 2 aromatic rings. The Balaban J connectivity index is 1.74. The Hall–Kier alpha value is -2.77. The van der Waals surface area contributed by atoms with Gasteiger partial charge >= 0.3 is 0 Å². The van der Waals surface area contributed by atoms with Crippen molar-refractivity contribution in [1.29, 1.82) is 0 Å². The zero-order valence-corrected chi connectivity index (χ0v) is 20.2. The Morgan fingerprint density at radius 3 is 2.33 bits per heavy atom. The number of methoxy groups -OCH3 is 3. The molecule has 2 aliphatic rings. The van der Waals surface area contributed by atoms with Crippen molar-refractivity contribution in [3.8, 4) is 23.0 Å². The molecule has 0 radical (unpaired) electrons. The Kier molecular flexibility index (Phi) is 6.81. The lowest BCUT2D eigenvalue weighted by molar-refractivity contribution is 0.103. The first-order chi connectivity index (χ1) is 15.9. The first-order valence-electron chi connectivity index (χ1n) is 11.6. The summed E-state index contributed by atoms with van der Waals surface area (Å²) in [6.45, 7) is 6.43. The average Bonchev–Trinajstić information content (AvgIpc) is 2.83. The Morgan fingerprint density at radius 1 is 1.00 bits per heavy atom. The highest BCUT2D eigenvalue weighted by Gasteiger charge is 2.41. The Bertz CT molecular complexity index is 1010. The van der Waals surface area contributed by atoms with Gasteiger partial charge in [-0.05, 0) is 56.5 Å². The molecule has 0 saturated carbocycles. The highest BCUT2D eigenvalue weighted by Crippen LogP contribution is 2.41. The second-order valence-electron chi connectivity index (χ2n) is 9.09. The fraction of sp³-hybridized carbons (Fsp3) is 0.500. The molecule has 1 saturated heterocycles. The lowest BCUT2D eigenvalue weighted by atomic mass is 9.87. The first kappa shape index (κ1) is 23.4. The van der Waals surface area contributed by atoms with E-state index < -0.39 is 0 Å². The van der Waals surface area contributed by atoms with Crippen molar-refractivity contribution in [3.05, 3.63) is 47.5 Å². The van der Waals surface area contributed by atoms with Gasteiger partial charge in [-0.2, -0.15) is 0 Å². The Morgan fingerprint density at radius 2 is 1.70 bits per heavy atom. The molecule has 7 heteroatoms. The maximum Gasteiger partial charge on any atom is 0.162 e. The summed E-state index contributed by atoms with van der Waals surface area (Å²) >= 11 is 0. The molecular formula is C26H35N3O4. The van der Waals surface area contributed by atoms with Gasteiger partial charge in [-0.25, -0.2) is 0 Å². The van der Waals surface area contributed by atoms with E-state index in [0.29, 0.717) is 29.7 Å². The zero-order chi connectivity index (χ0) is 23.6. The van der Waals surface area contributed by atoms with E-state index in [1.165, 1.54) is 0 Å². The lowest BCUT2D eigenvalue weighted by Crippen LogP contribution is -2.56. The van der Waals surface area contributed by atoms with E-state index in [0.717, 1.165) is 42.8 Å². The molecule has 1 atom stereocenters. The van der Waals surface area contributed by atoms with E-state index in [-0.39, 0.29) is 17.5 Å². The summed E-state index contributed by atoms with van der Waals surface area (Å²) in [4.78, 5) is 7.78. The van der Waals surface area contributed by atoms with Crippen molar-refractivity contribution in [1.82, 2.24) is 10.2 Å². The monoisotopic (exact) mass is 453 g/mol. The van der Waals surface area contributed by atoms with E-state index in [1.807, 2.05) is 30.3 Å². The smallest absolute Gasteiger partial charge is 0.162 e. The first-order valence-corrected chi connectivity index (χ1v) is 11.6. The number of rotatable bonds is 6. The second kappa shape index (κ2) is 9.61. The number of phenols is 1. The Labute approximate surface area is 196 Å². The van der Waals surface area contributed by atoms with Crippen LogP contribution < -0.4 is 19.5 Å². The fourth-order valence-electron chi connectivity index (χ4n) is 4.94. The molecule has 1 fully saturated rings. The van der Waals surface area contributed by atoms with Crippen molar-refractivity contribution >= 4 is 5.71 Å². The minimum Gasteiger partial charge on any atom is -0.504 e. The van der Waals surface area contributed by atoms with Gasteiger partial charge in [0, 0.05) is 42.9 Å². The number of hydrogen-bond donors (Lipinski definition) is 2. The molecule has 0 aliphatic carbocycles. The predicted molar refractivity (Wildman–Crippen MR) is 130 cm³/mol. The normalized spacial score (nSPS) is 20.5. The van der Waals surface area contributed by atoms with Gasteiger partial charge in [0.2, 0.25) is 0 Å². The number of likely N-dealkylation sites (tertiary alicyclic amines) is 1. The van der Waals surface area contributed by atoms with Crippen molar-refractivity contribution in [2.45, 2.75) is 50.9 Å². The van der Waals surface area contributed by atoms with Crippen molar-refractivity contribution in [3.63, 3.8) is 0 Å². The number of nitrogens with zero attached hydrogens (tertiary/aromatic N) is 2. The van der Waals surface area contributed by atoms with Crippen LogP contribution in [-0.2, 0) is 0 Å². The number of phenolic OH excluding ortho intramolecular Hbond substituents is 1. The third kappa shape index (κ3) is 4.66. The number of ether oxygens (including phenoxy) is 3. The van der Waals surface area contributed by atoms with E-state index in [2.05, 4.69) is 24.1 Å². The number of para-hydroxylation sites is 1. The maximum atomic E-state index is 10.9. The number of aromatic hydroxyl groups is 1. The minimum absolute atomic E-state index is 0.0914. The molecule has 2 heterocycles. The van der Waals surface area contributed by atoms with E-state index in [1.54, 1.807) is 27.4 Å². The van der Waals surface area contributed by atoms with E-state index in [4.69, 9.17) is 19.2 Å². The second-order valence-corrected chi connectivity index (χ2v) is 9.09. The molecule has 2 N–H and O–H groups in total. The van der Waals surface area contributed by atoms with Crippen LogP contribution in [0.3, 0.4) is 0 Å². The zero-order valence-electron chi connectivity index (χ0n) is 20.2. The van der Waals surface area contributed by atoms with Crippen molar-refractivity contribution in [2.24, 2.45) is 4.99 Å². The van der Waals surface area contributed by atoms with Gasteiger partial charge in [0.1, 0.15) is 5.66 Å². The summed E-state index contributed by atoms with van der Waals surface area (Å²) in [5.74, 6) is 2.03. The third-order valence-electron chi connectivity index (χ3n) is 6.89. The van der Waals surface area contributed by atoms with Gasteiger partial charge in [0.15, 0.2) is 23.0 Å². The summed E-state index contributed by atoms with van der Waals surface area (Å²) in [6.07, 6.45) is 2.46. The summed E-state index contributed by atoms with van der Waals surface area (Å²) in [6, 6.07) is 12.0. The average molecular weight is 454 g/mol. The van der Waals surface area contributed by atoms with Gasteiger partial charge in [0.25, 0.3) is 0 Å². The van der Waals surface area contributed by atoms with Crippen LogP contribution in [0.15, 0.2) is 41.4 Å². The number of benzene rings is 2. The molecule has 33 heavy (non-hydrogen) atoms. The molecule has 4 rings (SSSR count). The molecule has 178 valence electrons. The van der Waals surface area contributed by atoms with Gasteiger partial charge < -0.3 is 24.2 Å². The number of piperidine rings is 1. The number of aliphatic imine (C=N–C) groups is 1. The van der Waals surface area contributed by atoms with E-state index >= 15 is 0 Å². The molecular weight excluding hydrogens is 418 g/mol. The molecule has 0 aromatic heterocycles. The predicted octanol–water partition coefficient (Wildman–Crippen LogP) is 4.14. The van der Waals surface area contributed by atoms with Crippen LogP contribution >= 0.6 is 0 Å². The number of hydrogen-bond acceptors (Lipinski definition) is 7. The topological polar surface area (TPSA) is 75.6 Å². The minimum atomic E-state index is -0.383. The molecule has 0 bridgehead atoms. The number of nitrogens with one attached hydrogen (secondary N) is 1. The van der Waals surface area contributed by atoms with Gasteiger partial charge in [-0.15, -0.1) is 0 Å². The highest BCUT2D eigenvalue weighted by molar-refractivity contribution is 6.02. The summed E-state index contributed by atoms with van der Waals surface area (Å²) < 4.78 is 16.3. The molecule has 7 nitrogen and oxygen atoms in total. The lowest BCUT2D eigenvalue weighted by Gasteiger charge is -2.46. The van der Waals surface area contributed by atoms with Gasteiger partial charge in [-0.1, -0.05) is 12.1 Å². The van der Waals surface area contributed by atoms with Gasteiger partial charge in [0.05, 0.1) is 21.3 Å². The maximum absolute atomic E-state index is 10.9. The van der Waals surface area contributed by atoms with Crippen LogP contribution in [0.5, 0.6) is 23.0 Å². The van der Waals surface area contributed by atoms with Crippen molar-refractivity contribution in [2.75, 3.05) is 34.4 Å². The van der Waals surface area contributed by atoms with Crippen LogP contribution in [0.25, 0.3) is 0 Å².